The first-order chi connectivity index (χ1) is 9.72. The van der Waals surface area contributed by atoms with E-state index in [0.717, 1.165) is 18.5 Å². The lowest BCUT2D eigenvalue weighted by Gasteiger charge is -2.27. The first-order valence-electron chi connectivity index (χ1n) is 6.55. The third kappa shape index (κ3) is 2.82. The van der Waals surface area contributed by atoms with Crippen molar-refractivity contribution in [2.24, 2.45) is 0 Å². The molecule has 0 saturated carbocycles. The average Bonchev–Trinajstić information content (AvgIpc) is 2.93. The number of thiophene rings is 1. The molecule has 0 fully saturated rings. The number of fused-ring (bicyclic) bond motifs is 1. The van der Waals surface area contributed by atoms with E-state index in [2.05, 4.69) is 16.8 Å². The highest BCUT2D eigenvalue weighted by molar-refractivity contribution is 7.10. The molecule has 2 heterocycles. The van der Waals surface area contributed by atoms with Crippen LogP contribution in [0.25, 0.3) is 0 Å². The van der Waals surface area contributed by atoms with Crippen LogP contribution in [0.1, 0.15) is 16.0 Å². The highest BCUT2D eigenvalue weighted by Gasteiger charge is 2.20. The van der Waals surface area contributed by atoms with Crippen LogP contribution in [0.2, 0.25) is 0 Å². The number of carbonyl (C=O) groups is 1. The lowest BCUT2D eigenvalue weighted by Crippen LogP contribution is -2.42. The fourth-order valence-corrected chi connectivity index (χ4v) is 3.20. The number of carbonyl (C=O) groups excluding carboxylic acids is 1. The maximum absolute atomic E-state index is 12.8. The number of hydrogen-bond acceptors (Lipinski definition) is 2. The zero-order chi connectivity index (χ0) is 13.9. The van der Waals surface area contributed by atoms with Gasteiger partial charge in [0.25, 0.3) is 0 Å². The van der Waals surface area contributed by atoms with E-state index in [-0.39, 0.29) is 11.8 Å². The zero-order valence-electron chi connectivity index (χ0n) is 10.9. The SMILES string of the molecule is O=C(NCc1ccc(F)cc1)N1CCc2sccc2C1. The van der Waals surface area contributed by atoms with Gasteiger partial charge in [0, 0.05) is 24.5 Å². The number of urea groups is 1. The van der Waals surface area contributed by atoms with Crippen LogP contribution in [0.15, 0.2) is 35.7 Å². The summed E-state index contributed by atoms with van der Waals surface area (Å²) in [6, 6.07) is 8.19. The Labute approximate surface area is 121 Å². The maximum atomic E-state index is 12.8. The number of rotatable bonds is 2. The van der Waals surface area contributed by atoms with Crippen molar-refractivity contribution in [3.63, 3.8) is 0 Å². The third-order valence-corrected chi connectivity index (χ3v) is 4.47. The molecule has 0 atom stereocenters. The van der Waals surface area contributed by atoms with Gasteiger partial charge in [0.1, 0.15) is 5.82 Å². The van der Waals surface area contributed by atoms with Gasteiger partial charge in [-0.25, -0.2) is 9.18 Å². The Morgan fingerprint density at radius 2 is 2.10 bits per heavy atom. The number of benzene rings is 1. The Morgan fingerprint density at radius 3 is 2.90 bits per heavy atom. The number of nitrogens with zero attached hydrogens (tertiary/aromatic N) is 1. The van der Waals surface area contributed by atoms with Crippen LogP contribution in [0.5, 0.6) is 0 Å². The summed E-state index contributed by atoms with van der Waals surface area (Å²) < 4.78 is 12.8. The number of hydrogen-bond donors (Lipinski definition) is 1. The molecule has 1 aromatic heterocycles. The van der Waals surface area contributed by atoms with Gasteiger partial charge in [0.05, 0.1) is 0 Å². The second-order valence-corrected chi connectivity index (χ2v) is 5.83. The van der Waals surface area contributed by atoms with E-state index in [1.54, 1.807) is 23.5 Å². The lowest BCUT2D eigenvalue weighted by molar-refractivity contribution is 0.192. The van der Waals surface area contributed by atoms with Crippen LogP contribution in [-0.4, -0.2) is 17.5 Å². The smallest absolute Gasteiger partial charge is 0.317 e. The Hall–Kier alpha value is -1.88. The molecule has 2 aromatic rings. The Bertz CT molecular complexity index is 609. The standard InChI is InChI=1S/C15H15FN2OS/c16-13-3-1-11(2-4-13)9-17-15(19)18-7-5-14-12(10-18)6-8-20-14/h1-4,6,8H,5,7,9-10H2,(H,17,19). The molecule has 1 aliphatic heterocycles. The van der Waals surface area contributed by atoms with Gasteiger partial charge in [0.2, 0.25) is 0 Å². The zero-order valence-corrected chi connectivity index (χ0v) is 11.8. The topological polar surface area (TPSA) is 32.3 Å². The molecule has 2 amide bonds. The summed E-state index contributed by atoms with van der Waals surface area (Å²) in [5.74, 6) is -0.263. The quantitative estimate of drug-likeness (QED) is 0.905. The number of halogens is 1. The van der Waals surface area contributed by atoms with Gasteiger partial charge in [-0.15, -0.1) is 11.3 Å². The molecule has 3 rings (SSSR count). The Kier molecular flexibility index (Phi) is 3.69. The van der Waals surface area contributed by atoms with E-state index >= 15 is 0 Å². The molecule has 5 heteroatoms. The summed E-state index contributed by atoms with van der Waals surface area (Å²) >= 11 is 1.76. The predicted octanol–water partition coefficient (Wildman–Crippen LogP) is 3.16. The molecule has 0 unspecified atom stereocenters. The molecule has 0 aliphatic carbocycles. The molecule has 104 valence electrons. The minimum atomic E-state index is -0.263. The number of amides is 2. The van der Waals surface area contributed by atoms with E-state index in [9.17, 15) is 9.18 Å². The Balaban J connectivity index is 1.56. The van der Waals surface area contributed by atoms with Gasteiger partial charge in [0.15, 0.2) is 0 Å². The molecule has 20 heavy (non-hydrogen) atoms. The summed E-state index contributed by atoms with van der Waals surface area (Å²) in [7, 11) is 0. The van der Waals surface area contributed by atoms with Crippen molar-refractivity contribution in [1.29, 1.82) is 0 Å². The highest BCUT2D eigenvalue weighted by atomic mass is 32.1. The minimum Gasteiger partial charge on any atom is -0.334 e. The highest BCUT2D eigenvalue weighted by Crippen LogP contribution is 2.23. The fraction of sp³-hybridized carbons (Fsp3) is 0.267. The number of nitrogens with one attached hydrogen (secondary N) is 1. The first kappa shape index (κ1) is 13.1. The monoisotopic (exact) mass is 290 g/mol. The van der Waals surface area contributed by atoms with Crippen molar-refractivity contribution in [2.45, 2.75) is 19.5 Å². The molecule has 0 bridgehead atoms. The van der Waals surface area contributed by atoms with Gasteiger partial charge >= 0.3 is 6.03 Å². The van der Waals surface area contributed by atoms with E-state index in [4.69, 9.17) is 0 Å². The van der Waals surface area contributed by atoms with Crippen LogP contribution in [-0.2, 0) is 19.5 Å². The second-order valence-electron chi connectivity index (χ2n) is 4.83. The van der Waals surface area contributed by atoms with Crippen molar-refractivity contribution >= 4 is 17.4 Å². The summed E-state index contributed by atoms with van der Waals surface area (Å²) in [4.78, 5) is 15.3. The average molecular weight is 290 g/mol. The van der Waals surface area contributed by atoms with Crippen molar-refractivity contribution in [2.75, 3.05) is 6.54 Å². The molecule has 1 aromatic carbocycles. The second kappa shape index (κ2) is 5.63. The van der Waals surface area contributed by atoms with Gasteiger partial charge in [-0.2, -0.15) is 0 Å². The van der Waals surface area contributed by atoms with Crippen LogP contribution < -0.4 is 5.32 Å². The summed E-state index contributed by atoms with van der Waals surface area (Å²) in [6.45, 7) is 1.85. The largest absolute Gasteiger partial charge is 0.334 e. The van der Waals surface area contributed by atoms with Gasteiger partial charge < -0.3 is 10.2 Å². The van der Waals surface area contributed by atoms with Crippen LogP contribution in [0, 0.1) is 5.82 Å². The van der Waals surface area contributed by atoms with Gasteiger partial charge in [-0.3, -0.25) is 0 Å². The predicted molar refractivity (Wildman–Crippen MR) is 77.1 cm³/mol. The third-order valence-electron chi connectivity index (χ3n) is 3.45. The molecule has 0 saturated heterocycles. The van der Waals surface area contributed by atoms with Crippen LogP contribution >= 0.6 is 11.3 Å². The van der Waals surface area contributed by atoms with Crippen LogP contribution in [0.4, 0.5) is 9.18 Å². The normalized spacial score (nSPS) is 13.9. The van der Waals surface area contributed by atoms with Crippen molar-refractivity contribution in [3.8, 4) is 0 Å². The molecule has 1 N–H and O–H groups in total. The minimum absolute atomic E-state index is 0.0637. The first-order valence-corrected chi connectivity index (χ1v) is 7.43. The molecule has 0 spiro atoms. The van der Waals surface area contributed by atoms with Gasteiger partial charge in [-0.1, -0.05) is 12.1 Å². The van der Waals surface area contributed by atoms with E-state index in [1.165, 1.54) is 22.6 Å². The molecule has 0 radical (unpaired) electrons. The Morgan fingerprint density at radius 1 is 1.30 bits per heavy atom. The maximum Gasteiger partial charge on any atom is 0.317 e. The van der Waals surface area contributed by atoms with Crippen LogP contribution in [0.3, 0.4) is 0 Å². The summed E-state index contributed by atoms with van der Waals surface area (Å²) in [6.07, 6.45) is 0.928. The van der Waals surface area contributed by atoms with Gasteiger partial charge in [-0.05, 0) is 41.1 Å². The lowest BCUT2D eigenvalue weighted by atomic mass is 10.1. The van der Waals surface area contributed by atoms with E-state index < -0.39 is 0 Å². The van der Waals surface area contributed by atoms with Crippen molar-refractivity contribution in [3.05, 3.63) is 57.5 Å². The molecule has 3 nitrogen and oxygen atoms in total. The van der Waals surface area contributed by atoms with Crippen molar-refractivity contribution in [1.82, 2.24) is 10.2 Å². The molecular weight excluding hydrogens is 275 g/mol. The molecular formula is C15H15FN2OS. The van der Waals surface area contributed by atoms with Crippen molar-refractivity contribution < 1.29 is 9.18 Å². The summed E-state index contributed by atoms with van der Waals surface area (Å²) in [5, 5.41) is 4.95. The summed E-state index contributed by atoms with van der Waals surface area (Å²) in [5.41, 5.74) is 2.14. The molecule has 1 aliphatic rings. The van der Waals surface area contributed by atoms with E-state index in [0.29, 0.717) is 13.1 Å². The van der Waals surface area contributed by atoms with E-state index in [1.807, 2.05) is 4.90 Å². The fourth-order valence-electron chi connectivity index (χ4n) is 2.31.